The summed E-state index contributed by atoms with van der Waals surface area (Å²) in [4.78, 5) is 43.4. The molecule has 212 valence electrons. The van der Waals surface area contributed by atoms with Gasteiger partial charge in [-0.05, 0) is 37.3 Å². The molecule has 0 saturated heterocycles. The number of Topliss-reactive ketones (excluding diaryl/α,β-unsaturated/α-hetero) is 1. The van der Waals surface area contributed by atoms with Gasteiger partial charge in [0, 0.05) is 44.0 Å². The highest BCUT2D eigenvalue weighted by molar-refractivity contribution is 6.44. The van der Waals surface area contributed by atoms with E-state index < -0.39 is 65.5 Å². The van der Waals surface area contributed by atoms with Gasteiger partial charge in [-0.3, -0.25) is 19.4 Å². The average molecular weight is 566 g/mol. The fourth-order valence-electron chi connectivity index (χ4n) is 6.04. The van der Waals surface area contributed by atoms with E-state index in [0.29, 0.717) is 12.1 Å². The molecule has 0 aromatic carbocycles. The van der Waals surface area contributed by atoms with Gasteiger partial charge >= 0.3 is 0 Å². The molecule has 4 N–H and O–H groups in total. The number of anilines is 1. The standard InChI is InChI=1S/C25H24F5N7O3/c1-10-16(20(38)23(40)34-24(8-25(29,30)9-24)15-7-32-36(2)35-15)14-6-11-5-13(11)37(14)19(10)22(39)33-12-3-4-31-18(17(12)26)21(27)28/h3-4,7,11,13,21,32,35H,5-6,8-9H2,1-2H3,(H,34,40)(H,31,33,39)/t11-,13-/m1/s1. The number of hydrazine groups is 2. The van der Waals surface area contributed by atoms with E-state index in [1.807, 2.05) is 0 Å². The molecule has 15 heteroatoms. The molecule has 4 heterocycles. The number of aromatic nitrogens is 2. The normalized spacial score (nSPS) is 23.4. The van der Waals surface area contributed by atoms with Crippen molar-refractivity contribution in [2.75, 3.05) is 12.4 Å². The van der Waals surface area contributed by atoms with Crippen LogP contribution in [0.2, 0.25) is 0 Å². The first kappa shape index (κ1) is 26.2. The number of hydrogen-bond donors (Lipinski definition) is 4. The molecule has 10 nitrogen and oxygen atoms in total. The van der Waals surface area contributed by atoms with Gasteiger partial charge in [0.25, 0.3) is 29.9 Å². The number of rotatable bonds is 7. The van der Waals surface area contributed by atoms with Crippen molar-refractivity contribution in [1.29, 1.82) is 0 Å². The third kappa shape index (κ3) is 4.01. The van der Waals surface area contributed by atoms with Crippen molar-refractivity contribution >= 4 is 23.3 Å². The van der Waals surface area contributed by atoms with E-state index in [9.17, 15) is 36.3 Å². The number of alkyl halides is 4. The Labute approximate surface area is 223 Å². The Kier molecular flexibility index (Phi) is 5.73. The van der Waals surface area contributed by atoms with Gasteiger partial charge < -0.3 is 26.1 Å². The first-order valence-corrected chi connectivity index (χ1v) is 12.5. The van der Waals surface area contributed by atoms with Gasteiger partial charge in [-0.25, -0.2) is 22.0 Å². The van der Waals surface area contributed by atoms with Crippen LogP contribution in [0, 0.1) is 18.7 Å². The Morgan fingerprint density at radius 2 is 1.95 bits per heavy atom. The van der Waals surface area contributed by atoms with Crippen molar-refractivity contribution in [3.05, 3.63) is 58.2 Å². The number of carbonyl (C=O) groups is 3. The zero-order valence-electron chi connectivity index (χ0n) is 21.2. The molecular formula is C25H24F5N7O3. The molecule has 4 aliphatic rings. The first-order chi connectivity index (χ1) is 18.8. The minimum atomic E-state index is -3.20. The third-order valence-corrected chi connectivity index (χ3v) is 7.92. The maximum Gasteiger partial charge on any atom is 0.293 e. The van der Waals surface area contributed by atoms with Crippen LogP contribution in [0.1, 0.15) is 69.5 Å². The van der Waals surface area contributed by atoms with Crippen molar-refractivity contribution in [1.82, 2.24) is 30.8 Å². The molecule has 40 heavy (non-hydrogen) atoms. The van der Waals surface area contributed by atoms with E-state index in [-0.39, 0.29) is 34.5 Å². The van der Waals surface area contributed by atoms with Crippen molar-refractivity contribution in [2.45, 2.75) is 56.5 Å². The summed E-state index contributed by atoms with van der Waals surface area (Å²) in [6.45, 7) is 1.46. The van der Waals surface area contributed by atoms with Gasteiger partial charge in [0.1, 0.15) is 11.4 Å². The second-order valence-electron chi connectivity index (χ2n) is 10.7. The maximum absolute atomic E-state index is 14.6. The molecule has 2 aliphatic carbocycles. The number of amides is 2. The highest BCUT2D eigenvalue weighted by atomic mass is 19.3. The van der Waals surface area contributed by atoms with Crippen LogP contribution in [-0.2, 0) is 11.2 Å². The SMILES string of the molecule is Cc1c(C(=O)C(=O)NC2(C3=CNN(C)N3)CC(F)(F)C2)c2n(c1C(=O)Nc1ccnc(C(F)F)c1F)[C@@H]1C[C@@H]1C2. The van der Waals surface area contributed by atoms with Gasteiger partial charge in [-0.2, -0.15) is 0 Å². The Balaban J connectivity index is 1.30. The molecule has 2 aromatic rings. The number of nitrogens with zero attached hydrogens (tertiary/aromatic N) is 3. The summed E-state index contributed by atoms with van der Waals surface area (Å²) < 4.78 is 70.3. The second-order valence-corrected chi connectivity index (χ2v) is 10.7. The van der Waals surface area contributed by atoms with Crippen molar-refractivity contribution < 1.29 is 36.3 Å². The van der Waals surface area contributed by atoms with Crippen molar-refractivity contribution in [3.8, 4) is 0 Å². The smallest absolute Gasteiger partial charge is 0.293 e. The Morgan fingerprint density at radius 3 is 2.58 bits per heavy atom. The number of pyridine rings is 1. The van der Waals surface area contributed by atoms with Crippen LogP contribution >= 0.6 is 0 Å². The van der Waals surface area contributed by atoms with E-state index in [1.54, 1.807) is 11.6 Å². The molecule has 6 rings (SSSR count). The highest BCUT2D eigenvalue weighted by Gasteiger charge is 2.61. The number of carbonyl (C=O) groups excluding carboxylic acids is 3. The Hall–Kier alpha value is -4.01. The maximum atomic E-state index is 14.6. The quantitative estimate of drug-likeness (QED) is 0.232. The predicted octanol–water partition coefficient (Wildman–Crippen LogP) is 2.90. The summed E-state index contributed by atoms with van der Waals surface area (Å²) in [6.07, 6.45) is -1.11. The number of halogens is 5. The number of hydrogen-bond acceptors (Lipinski definition) is 7. The van der Waals surface area contributed by atoms with Crippen LogP contribution < -0.4 is 21.5 Å². The Bertz CT molecular complexity index is 1500. The summed E-state index contributed by atoms with van der Waals surface area (Å²) in [6, 6.07) is 0.928. The zero-order chi connectivity index (χ0) is 28.7. The van der Waals surface area contributed by atoms with E-state index >= 15 is 0 Å². The third-order valence-electron chi connectivity index (χ3n) is 7.92. The summed E-state index contributed by atoms with van der Waals surface area (Å²) in [7, 11) is 1.60. The Morgan fingerprint density at radius 1 is 1.23 bits per heavy atom. The first-order valence-electron chi connectivity index (χ1n) is 12.5. The van der Waals surface area contributed by atoms with Crippen molar-refractivity contribution in [3.63, 3.8) is 0 Å². The van der Waals surface area contributed by atoms with Crippen molar-refractivity contribution in [2.24, 2.45) is 5.92 Å². The monoisotopic (exact) mass is 565 g/mol. The van der Waals surface area contributed by atoms with Crippen LogP contribution in [0.4, 0.5) is 27.6 Å². The number of fused-ring (bicyclic) bond motifs is 3. The fourth-order valence-corrected chi connectivity index (χ4v) is 6.04. The van der Waals surface area contributed by atoms with Gasteiger partial charge in [0.05, 0.1) is 22.5 Å². The lowest BCUT2D eigenvalue weighted by Crippen LogP contribution is -2.66. The predicted molar refractivity (Wildman–Crippen MR) is 129 cm³/mol. The molecule has 2 fully saturated rings. The molecule has 2 amide bonds. The fraction of sp³-hybridized carbons (Fsp3) is 0.440. The molecule has 2 atom stereocenters. The minimum absolute atomic E-state index is 0.00171. The zero-order valence-corrected chi connectivity index (χ0v) is 21.2. The van der Waals surface area contributed by atoms with Crippen LogP contribution in [0.5, 0.6) is 0 Å². The van der Waals surface area contributed by atoms with Crippen LogP contribution in [0.3, 0.4) is 0 Å². The average Bonchev–Trinajstić information content (AvgIpc) is 3.16. The summed E-state index contributed by atoms with van der Waals surface area (Å²) >= 11 is 0. The van der Waals surface area contributed by atoms with Crippen LogP contribution in [-0.4, -0.2) is 50.8 Å². The van der Waals surface area contributed by atoms with Crippen LogP contribution in [0.25, 0.3) is 0 Å². The molecule has 0 radical (unpaired) electrons. The summed E-state index contributed by atoms with van der Waals surface area (Å²) in [5, 5.41) is 6.18. The lowest BCUT2D eigenvalue weighted by molar-refractivity contribution is -0.138. The molecular weight excluding hydrogens is 541 g/mol. The van der Waals surface area contributed by atoms with E-state index in [1.165, 1.54) is 18.2 Å². The molecule has 2 aromatic heterocycles. The molecule has 0 unspecified atom stereocenters. The summed E-state index contributed by atoms with van der Waals surface area (Å²) in [5.41, 5.74) is 3.30. The van der Waals surface area contributed by atoms with Gasteiger partial charge in [-0.1, -0.05) is 0 Å². The van der Waals surface area contributed by atoms with E-state index in [0.717, 1.165) is 18.7 Å². The van der Waals surface area contributed by atoms with E-state index in [4.69, 9.17) is 0 Å². The van der Waals surface area contributed by atoms with Gasteiger partial charge in [0.2, 0.25) is 0 Å². The van der Waals surface area contributed by atoms with Gasteiger partial charge in [0.15, 0.2) is 5.82 Å². The molecule has 2 aliphatic heterocycles. The lowest BCUT2D eigenvalue weighted by Gasteiger charge is -2.48. The largest absolute Gasteiger partial charge is 0.338 e. The molecule has 0 bridgehead atoms. The topological polar surface area (TPSA) is 120 Å². The van der Waals surface area contributed by atoms with Gasteiger partial charge in [-0.15, -0.1) is 5.12 Å². The summed E-state index contributed by atoms with van der Waals surface area (Å²) in [5.74, 6) is -7.22. The molecule has 2 saturated carbocycles. The van der Waals surface area contributed by atoms with E-state index in [2.05, 4.69) is 26.5 Å². The lowest BCUT2D eigenvalue weighted by atomic mass is 9.71. The number of nitrogens with one attached hydrogen (secondary N) is 4. The highest BCUT2D eigenvalue weighted by Crippen LogP contribution is 2.55. The molecule has 0 spiro atoms. The van der Waals surface area contributed by atoms with Crippen LogP contribution in [0.15, 0.2) is 24.2 Å². The number of ketones is 1. The second kappa shape index (κ2) is 8.74. The minimum Gasteiger partial charge on any atom is -0.338 e.